The van der Waals surface area contributed by atoms with Crippen LogP contribution in [0.3, 0.4) is 0 Å². The van der Waals surface area contributed by atoms with Gasteiger partial charge in [0, 0.05) is 13.0 Å². The Hall–Kier alpha value is -3.24. The molecule has 0 aromatic heterocycles. The van der Waals surface area contributed by atoms with E-state index in [0.717, 1.165) is 116 Å². The van der Waals surface area contributed by atoms with E-state index in [2.05, 4.69) is 127 Å². The first-order valence-electron chi connectivity index (χ1n) is 25.6. The standard InChI is InChI=1S/C55H90O12S/c1-3-5-7-9-11-13-15-17-19-21-23-25-26-28-30-32-34-36-38-40-42-44-51(57)65-49(48-64-55-53(59)54(67-68(60,61)62)52(58)50(46-56)66-55)47-63-45-43-41-39-37-35-33-31-29-27-24-22-20-18-16-14-12-10-8-6-4-2/h5-8,11-14,17-20,23-25,27,31,33,49-50,52-56,58-59H,3-4,9-10,15-16,21-22,26,28-30,32,34-48H2,1-2H3,(H,60,61,62)/b7-5-,8-6-,13-11-,14-12-,19-17-,20-18-,25-23-,27-24-,33-31-. The number of rotatable bonds is 43. The zero-order valence-electron chi connectivity index (χ0n) is 41.6. The minimum absolute atomic E-state index is 0.00781. The highest BCUT2D eigenvalue weighted by Crippen LogP contribution is 2.26. The van der Waals surface area contributed by atoms with E-state index in [-0.39, 0.29) is 19.6 Å². The third-order valence-electron chi connectivity index (χ3n) is 10.9. The second-order valence-electron chi connectivity index (χ2n) is 17.0. The van der Waals surface area contributed by atoms with Gasteiger partial charge in [0.2, 0.25) is 0 Å². The van der Waals surface area contributed by atoms with Gasteiger partial charge in [0.25, 0.3) is 0 Å². The third-order valence-corrected chi connectivity index (χ3v) is 11.4. The van der Waals surface area contributed by atoms with Gasteiger partial charge in [-0.2, -0.15) is 8.42 Å². The number of aliphatic hydroxyl groups excluding tert-OH is 3. The first-order valence-corrected chi connectivity index (χ1v) is 27.0. The van der Waals surface area contributed by atoms with E-state index < -0.39 is 59.8 Å². The lowest BCUT2D eigenvalue weighted by Crippen LogP contribution is -2.60. The van der Waals surface area contributed by atoms with Gasteiger partial charge in [0.15, 0.2) is 6.29 Å². The van der Waals surface area contributed by atoms with Crippen molar-refractivity contribution in [3.8, 4) is 0 Å². The molecule has 0 aromatic carbocycles. The van der Waals surface area contributed by atoms with Gasteiger partial charge in [-0.3, -0.25) is 9.35 Å². The zero-order valence-corrected chi connectivity index (χ0v) is 42.4. The first-order chi connectivity index (χ1) is 33.1. The van der Waals surface area contributed by atoms with Crippen molar-refractivity contribution in [3.05, 3.63) is 109 Å². The Labute approximate surface area is 411 Å². The van der Waals surface area contributed by atoms with E-state index >= 15 is 0 Å². The third kappa shape index (κ3) is 37.6. The molecule has 1 rings (SSSR count). The molecule has 0 saturated carbocycles. The van der Waals surface area contributed by atoms with E-state index in [1.165, 1.54) is 25.7 Å². The maximum Gasteiger partial charge on any atom is 0.397 e. The van der Waals surface area contributed by atoms with Crippen molar-refractivity contribution < 1.29 is 56.2 Å². The summed E-state index contributed by atoms with van der Waals surface area (Å²) in [6.45, 7) is 3.68. The molecule has 0 radical (unpaired) electrons. The van der Waals surface area contributed by atoms with E-state index in [1.54, 1.807) is 0 Å². The largest absolute Gasteiger partial charge is 0.457 e. The molecule has 1 heterocycles. The summed E-state index contributed by atoms with van der Waals surface area (Å²) in [5.74, 6) is -0.422. The van der Waals surface area contributed by atoms with Crippen LogP contribution < -0.4 is 0 Å². The second-order valence-corrected chi connectivity index (χ2v) is 18.0. The van der Waals surface area contributed by atoms with Gasteiger partial charge in [0.05, 0.1) is 19.8 Å². The summed E-state index contributed by atoms with van der Waals surface area (Å²) in [6.07, 6.45) is 54.0. The first kappa shape index (κ1) is 62.8. The molecule has 1 aliphatic heterocycles. The SMILES string of the molecule is CC/C=C\C/C=C\C/C=C\C/C=C\C/C=C\CCCCCCOCC(COC1OC(CO)C(O)C(OS(=O)(=O)O)C1O)OC(=O)CCCCCCCCCC/C=C\C/C=C\C/C=C\C/C=C\CC. The normalized spacial score (nSPS) is 20.2. The van der Waals surface area contributed by atoms with Crippen molar-refractivity contribution in [3.63, 3.8) is 0 Å². The Morgan fingerprint density at radius 2 is 0.971 bits per heavy atom. The fourth-order valence-electron chi connectivity index (χ4n) is 7.10. The van der Waals surface area contributed by atoms with E-state index in [1.807, 2.05) is 0 Å². The van der Waals surface area contributed by atoms with Gasteiger partial charge in [0.1, 0.15) is 30.5 Å². The van der Waals surface area contributed by atoms with Crippen molar-refractivity contribution in [2.45, 2.75) is 205 Å². The maximum atomic E-state index is 12.9. The highest BCUT2D eigenvalue weighted by molar-refractivity contribution is 7.80. The Balaban J connectivity index is 2.40. The smallest absolute Gasteiger partial charge is 0.397 e. The minimum atomic E-state index is -5.08. The lowest BCUT2D eigenvalue weighted by molar-refractivity contribution is -0.301. The van der Waals surface area contributed by atoms with Crippen molar-refractivity contribution >= 4 is 16.4 Å². The molecule has 1 aliphatic rings. The Morgan fingerprint density at radius 1 is 0.559 bits per heavy atom. The van der Waals surface area contributed by atoms with Gasteiger partial charge in [-0.25, -0.2) is 4.18 Å². The van der Waals surface area contributed by atoms with Crippen LogP contribution in [0.4, 0.5) is 0 Å². The quantitative estimate of drug-likeness (QED) is 0.0197. The topological polar surface area (TPSA) is 178 Å². The average Bonchev–Trinajstić information content (AvgIpc) is 3.31. The molecule has 0 aliphatic carbocycles. The summed E-state index contributed by atoms with van der Waals surface area (Å²) in [5.41, 5.74) is 0. The number of ether oxygens (including phenoxy) is 4. The number of esters is 1. The summed E-state index contributed by atoms with van der Waals surface area (Å²) in [6, 6.07) is 0. The minimum Gasteiger partial charge on any atom is -0.457 e. The van der Waals surface area contributed by atoms with Crippen LogP contribution in [0.5, 0.6) is 0 Å². The molecule has 1 saturated heterocycles. The van der Waals surface area contributed by atoms with Crippen LogP contribution in [0.1, 0.15) is 168 Å². The molecule has 0 spiro atoms. The number of unbranched alkanes of at least 4 members (excludes halogenated alkanes) is 12. The highest BCUT2D eigenvalue weighted by atomic mass is 32.3. The Kier molecular flexibility index (Phi) is 41.5. The number of carbonyl (C=O) groups excluding carboxylic acids is 1. The molecule has 6 atom stereocenters. The van der Waals surface area contributed by atoms with Gasteiger partial charge in [-0.15, -0.1) is 0 Å². The van der Waals surface area contributed by atoms with Crippen LogP contribution in [0, 0.1) is 0 Å². The molecule has 4 N–H and O–H groups in total. The molecular formula is C55H90O12S. The summed E-state index contributed by atoms with van der Waals surface area (Å²) in [5, 5.41) is 30.8. The molecule has 12 nitrogen and oxygen atoms in total. The molecule has 0 amide bonds. The summed E-state index contributed by atoms with van der Waals surface area (Å²) >= 11 is 0. The van der Waals surface area contributed by atoms with Crippen LogP contribution in [0.15, 0.2) is 109 Å². The van der Waals surface area contributed by atoms with Gasteiger partial charge < -0.3 is 34.3 Å². The predicted octanol–water partition coefficient (Wildman–Crippen LogP) is 12.0. The summed E-state index contributed by atoms with van der Waals surface area (Å²) < 4.78 is 59.2. The van der Waals surface area contributed by atoms with Crippen molar-refractivity contribution in [2.75, 3.05) is 26.4 Å². The van der Waals surface area contributed by atoms with Crippen LogP contribution in [-0.4, -0.2) is 97.5 Å². The lowest BCUT2D eigenvalue weighted by Gasteiger charge is -2.41. The maximum absolute atomic E-state index is 12.9. The summed E-state index contributed by atoms with van der Waals surface area (Å²) in [4.78, 5) is 12.9. The Bertz CT molecular complexity index is 1590. The van der Waals surface area contributed by atoms with Crippen molar-refractivity contribution in [1.29, 1.82) is 0 Å². The fourth-order valence-corrected chi connectivity index (χ4v) is 7.61. The average molecular weight is 975 g/mol. The molecule has 1 fully saturated rings. The van der Waals surface area contributed by atoms with Gasteiger partial charge >= 0.3 is 16.4 Å². The molecule has 6 unspecified atom stereocenters. The Morgan fingerprint density at radius 3 is 1.41 bits per heavy atom. The number of aliphatic hydroxyl groups is 3. The number of hydrogen-bond donors (Lipinski definition) is 4. The number of allylic oxidation sites excluding steroid dienone is 18. The molecule has 68 heavy (non-hydrogen) atoms. The fraction of sp³-hybridized carbons (Fsp3) is 0.655. The van der Waals surface area contributed by atoms with Gasteiger partial charge in [-0.05, 0) is 96.3 Å². The lowest BCUT2D eigenvalue weighted by atomic mass is 9.99. The molecule has 0 bridgehead atoms. The molecular weight excluding hydrogens is 885 g/mol. The van der Waals surface area contributed by atoms with Crippen LogP contribution in [0.2, 0.25) is 0 Å². The molecule has 388 valence electrons. The molecule has 0 aromatic rings. The second kappa shape index (κ2) is 44.9. The van der Waals surface area contributed by atoms with E-state index in [4.69, 9.17) is 18.9 Å². The van der Waals surface area contributed by atoms with E-state index in [0.29, 0.717) is 13.0 Å². The van der Waals surface area contributed by atoms with Crippen molar-refractivity contribution in [2.24, 2.45) is 0 Å². The van der Waals surface area contributed by atoms with Gasteiger partial charge in [-0.1, -0.05) is 175 Å². The number of carbonyl (C=O) groups is 1. The highest BCUT2D eigenvalue weighted by Gasteiger charge is 2.48. The predicted molar refractivity (Wildman–Crippen MR) is 275 cm³/mol. The van der Waals surface area contributed by atoms with Crippen LogP contribution in [0.25, 0.3) is 0 Å². The zero-order chi connectivity index (χ0) is 49.6. The monoisotopic (exact) mass is 975 g/mol. The molecule has 13 heteroatoms. The summed E-state index contributed by atoms with van der Waals surface area (Å²) in [7, 11) is -5.08. The number of hydrogen-bond acceptors (Lipinski definition) is 11. The van der Waals surface area contributed by atoms with Crippen LogP contribution in [-0.2, 0) is 38.3 Å². The van der Waals surface area contributed by atoms with Crippen LogP contribution >= 0.6 is 0 Å². The van der Waals surface area contributed by atoms with Crippen molar-refractivity contribution in [1.82, 2.24) is 0 Å². The van der Waals surface area contributed by atoms with E-state index in [9.17, 15) is 33.1 Å².